The number of hydrogen-bond donors (Lipinski definition) is 1. The number of benzene rings is 2. The minimum atomic E-state index is -0.301. The zero-order valence-electron chi connectivity index (χ0n) is 15.9. The Labute approximate surface area is 163 Å². The minimum absolute atomic E-state index is 0.0916. The Balaban J connectivity index is 1.66. The van der Waals surface area contributed by atoms with Gasteiger partial charge < -0.3 is 4.98 Å². The molecule has 0 aliphatic heterocycles. The topological polar surface area (TPSA) is 54.9 Å². The molecule has 2 aliphatic carbocycles. The van der Waals surface area contributed by atoms with Crippen molar-refractivity contribution in [1.29, 1.82) is 0 Å². The first-order valence-electron chi connectivity index (χ1n) is 10.2. The summed E-state index contributed by atoms with van der Waals surface area (Å²) in [7, 11) is 0. The summed E-state index contributed by atoms with van der Waals surface area (Å²) in [5.74, 6) is 0. The van der Waals surface area contributed by atoms with Crippen LogP contribution in [0.1, 0.15) is 42.4 Å². The molecule has 5 rings (SSSR count). The van der Waals surface area contributed by atoms with Crippen LogP contribution in [-0.2, 0) is 24.8 Å². The molecular formula is C24H24N2O2. The van der Waals surface area contributed by atoms with E-state index < -0.39 is 0 Å². The Morgan fingerprint density at radius 1 is 0.929 bits per heavy atom. The van der Waals surface area contributed by atoms with Crippen LogP contribution in [0.2, 0.25) is 0 Å². The van der Waals surface area contributed by atoms with Crippen LogP contribution in [0.3, 0.4) is 0 Å². The normalized spacial score (nSPS) is 16.7. The molecule has 1 fully saturated rings. The van der Waals surface area contributed by atoms with Gasteiger partial charge in [-0.3, -0.25) is 9.36 Å². The Bertz CT molecular complexity index is 1140. The average molecular weight is 372 g/mol. The second-order valence-electron chi connectivity index (χ2n) is 8.19. The highest BCUT2D eigenvalue weighted by Gasteiger charge is 2.44. The molecule has 4 heteroatoms. The zero-order chi connectivity index (χ0) is 19.1. The summed E-state index contributed by atoms with van der Waals surface area (Å²) < 4.78 is 1.42. The molecule has 1 aromatic heterocycles. The van der Waals surface area contributed by atoms with Crippen molar-refractivity contribution in [3.8, 4) is 11.3 Å². The van der Waals surface area contributed by atoms with E-state index in [0.717, 1.165) is 54.5 Å². The van der Waals surface area contributed by atoms with E-state index in [4.69, 9.17) is 0 Å². The fraction of sp³-hybridized carbons (Fsp3) is 0.333. The maximum absolute atomic E-state index is 13.6. The number of rotatable bonds is 3. The lowest BCUT2D eigenvalue weighted by Crippen LogP contribution is -2.45. The number of nitrogens with zero attached hydrogens (tertiary/aromatic N) is 1. The van der Waals surface area contributed by atoms with Crippen molar-refractivity contribution in [1.82, 2.24) is 9.55 Å². The van der Waals surface area contributed by atoms with Crippen LogP contribution in [-0.4, -0.2) is 9.55 Å². The van der Waals surface area contributed by atoms with Crippen LogP contribution in [0.15, 0.2) is 64.2 Å². The summed E-state index contributed by atoms with van der Waals surface area (Å²) in [4.78, 5) is 29.5. The second-order valence-corrected chi connectivity index (χ2v) is 8.19. The molecule has 3 aromatic rings. The summed E-state index contributed by atoms with van der Waals surface area (Å²) in [5, 5.41) is 0. The van der Waals surface area contributed by atoms with E-state index in [9.17, 15) is 9.59 Å². The molecule has 1 spiro atoms. The Hall–Kier alpha value is -2.88. The van der Waals surface area contributed by atoms with Crippen LogP contribution in [0, 0.1) is 0 Å². The number of aromatic nitrogens is 2. The third-order valence-electron chi connectivity index (χ3n) is 6.56. The van der Waals surface area contributed by atoms with Gasteiger partial charge in [0.1, 0.15) is 0 Å². The van der Waals surface area contributed by atoms with E-state index in [1.807, 2.05) is 48.5 Å². The molecule has 28 heavy (non-hydrogen) atoms. The molecule has 1 saturated carbocycles. The second kappa shape index (κ2) is 6.62. The number of aryl methyl sites for hydroxylation is 1. The van der Waals surface area contributed by atoms with Gasteiger partial charge in [-0.1, -0.05) is 67.4 Å². The highest BCUT2D eigenvalue weighted by molar-refractivity contribution is 5.71. The summed E-state index contributed by atoms with van der Waals surface area (Å²) in [6.07, 6.45) is 5.90. The number of fused-ring (bicyclic) bond motifs is 4. The maximum Gasteiger partial charge on any atom is 0.328 e. The van der Waals surface area contributed by atoms with Gasteiger partial charge in [0.15, 0.2) is 0 Å². The fourth-order valence-electron chi connectivity index (χ4n) is 5.20. The summed E-state index contributed by atoms with van der Waals surface area (Å²) in [5.41, 5.74) is 4.47. The number of H-pyrrole nitrogens is 1. The molecule has 0 amide bonds. The quantitative estimate of drug-likeness (QED) is 0.760. The number of hydrogen-bond acceptors (Lipinski definition) is 2. The molecule has 0 unspecified atom stereocenters. The number of nitrogens with one attached hydrogen (secondary N) is 1. The smallest absolute Gasteiger partial charge is 0.306 e. The lowest BCUT2D eigenvalue weighted by Gasteiger charge is -2.36. The SMILES string of the molecule is O=c1[nH]c2c(c(=O)n1CCc1ccccc1)C1(CCCC1)Cc1ccccc1-2. The van der Waals surface area contributed by atoms with Gasteiger partial charge in [-0.2, -0.15) is 0 Å². The maximum atomic E-state index is 13.6. The van der Waals surface area contributed by atoms with Crippen molar-refractivity contribution in [2.45, 2.75) is 50.5 Å². The molecule has 0 radical (unpaired) electrons. The van der Waals surface area contributed by atoms with Gasteiger partial charge in [0.2, 0.25) is 0 Å². The predicted molar refractivity (Wildman–Crippen MR) is 111 cm³/mol. The van der Waals surface area contributed by atoms with Crippen LogP contribution in [0.25, 0.3) is 11.3 Å². The molecule has 0 atom stereocenters. The van der Waals surface area contributed by atoms with Gasteiger partial charge in [-0.15, -0.1) is 0 Å². The van der Waals surface area contributed by atoms with Gasteiger partial charge in [-0.25, -0.2) is 4.79 Å². The van der Waals surface area contributed by atoms with Crippen molar-refractivity contribution in [3.63, 3.8) is 0 Å². The van der Waals surface area contributed by atoms with Crippen molar-refractivity contribution in [2.24, 2.45) is 0 Å². The summed E-state index contributed by atoms with van der Waals surface area (Å²) in [6.45, 7) is 0.406. The van der Waals surface area contributed by atoms with E-state index in [1.54, 1.807) is 0 Å². The fourth-order valence-corrected chi connectivity index (χ4v) is 5.20. The van der Waals surface area contributed by atoms with Gasteiger partial charge in [-0.05, 0) is 36.8 Å². The molecule has 1 N–H and O–H groups in total. The molecule has 0 bridgehead atoms. The molecule has 142 valence electrons. The highest BCUT2D eigenvalue weighted by Crippen LogP contribution is 2.49. The van der Waals surface area contributed by atoms with Crippen molar-refractivity contribution >= 4 is 0 Å². The highest BCUT2D eigenvalue weighted by atomic mass is 16.2. The monoisotopic (exact) mass is 372 g/mol. The summed E-state index contributed by atoms with van der Waals surface area (Å²) in [6, 6.07) is 18.2. The average Bonchev–Trinajstić information content (AvgIpc) is 3.17. The van der Waals surface area contributed by atoms with Gasteiger partial charge in [0, 0.05) is 23.1 Å². The lowest BCUT2D eigenvalue weighted by atomic mass is 9.68. The molecule has 0 saturated heterocycles. The molecule has 1 heterocycles. The van der Waals surface area contributed by atoms with E-state index in [1.165, 1.54) is 10.1 Å². The van der Waals surface area contributed by atoms with Crippen LogP contribution in [0.5, 0.6) is 0 Å². The standard InChI is InChI=1S/C24H24N2O2/c27-22-20-21(25-23(28)26(22)15-12-17-8-2-1-3-9-17)19-11-5-4-10-18(19)16-24(20)13-6-7-14-24/h1-5,8-11H,6-7,12-16H2,(H,25,28). The molecule has 2 aliphatic rings. The first kappa shape index (κ1) is 17.2. The van der Waals surface area contributed by atoms with Crippen molar-refractivity contribution in [3.05, 3.63) is 92.1 Å². The first-order valence-corrected chi connectivity index (χ1v) is 10.2. The van der Waals surface area contributed by atoms with Crippen LogP contribution < -0.4 is 11.2 Å². The van der Waals surface area contributed by atoms with E-state index in [-0.39, 0.29) is 16.7 Å². The third kappa shape index (κ3) is 2.67. The predicted octanol–water partition coefficient (Wildman–Crippen LogP) is 3.81. The van der Waals surface area contributed by atoms with Gasteiger partial charge >= 0.3 is 5.69 Å². The van der Waals surface area contributed by atoms with Crippen LogP contribution in [0.4, 0.5) is 0 Å². The zero-order valence-corrected chi connectivity index (χ0v) is 15.9. The van der Waals surface area contributed by atoms with Crippen LogP contribution >= 0.6 is 0 Å². The van der Waals surface area contributed by atoms with E-state index in [2.05, 4.69) is 11.1 Å². The van der Waals surface area contributed by atoms with E-state index >= 15 is 0 Å². The van der Waals surface area contributed by atoms with Gasteiger partial charge in [0.25, 0.3) is 5.56 Å². The van der Waals surface area contributed by atoms with Crippen molar-refractivity contribution in [2.75, 3.05) is 0 Å². The Morgan fingerprint density at radius 2 is 1.64 bits per heavy atom. The number of aromatic amines is 1. The van der Waals surface area contributed by atoms with E-state index in [0.29, 0.717) is 13.0 Å². The molecular weight excluding hydrogens is 348 g/mol. The minimum Gasteiger partial charge on any atom is -0.306 e. The Morgan fingerprint density at radius 3 is 2.43 bits per heavy atom. The molecule has 2 aromatic carbocycles. The third-order valence-corrected chi connectivity index (χ3v) is 6.56. The van der Waals surface area contributed by atoms with Crippen molar-refractivity contribution < 1.29 is 0 Å². The largest absolute Gasteiger partial charge is 0.328 e. The summed E-state index contributed by atoms with van der Waals surface area (Å²) >= 11 is 0. The molecule has 4 nitrogen and oxygen atoms in total. The Kier molecular flexibility index (Phi) is 4.08. The lowest BCUT2D eigenvalue weighted by molar-refractivity contribution is 0.418. The van der Waals surface area contributed by atoms with Gasteiger partial charge in [0.05, 0.1) is 5.69 Å². The first-order chi connectivity index (χ1) is 13.7.